The number of phenols is 1. The Bertz CT molecular complexity index is 1030. The molecule has 4 nitrogen and oxygen atoms in total. The topological polar surface area (TPSA) is 64.4 Å². The molecule has 1 aliphatic heterocycles. The number of aryl methyl sites for hydroxylation is 1. The average Bonchev–Trinajstić information content (AvgIpc) is 3.01. The Kier molecular flexibility index (Phi) is 6.37. The first-order chi connectivity index (χ1) is 14.8. The Labute approximate surface area is 192 Å². The monoisotopic (exact) mass is 432 g/mol. The van der Waals surface area contributed by atoms with Gasteiger partial charge in [-0.05, 0) is 53.5 Å². The molecule has 0 saturated carbocycles. The Hall–Kier alpha value is -2.88. The second kappa shape index (κ2) is 8.57. The fraction of sp³-hybridized carbons (Fsp3) is 0.429. The van der Waals surface area contributed by atoms with Crippen LogP contribution in [0.1, 0.15) is 80.6 Å². The lowest BCUT2D eigenvalue weighted by Gasteiger charge is -2.28. The number of phenolic OH excluding ortho intramolecular Hbond substituents is 1. The summed E-state index contributed by atoms with van der Waals surface area (Å²) in [4.78, 5) is 15.1. The number of carbonyl (C=O) groups is 1. The molecule has 2 aromatic rings. The van der Waals surface area contributed by atoms with Crippen LogP contribution in [0, 0.1) is 12.3 Å². The van der Waals surface area contributed by atoms with Crippen LogP contribution in [-0.2, 0) is 10.8 Å². The van der Waals surface area contributed by atoms with Crippen LogP contribution in [0.15, 0.2) is 42.0 Å². The quantitative estimate of drug-likeness (QED) is 0.562. The van der Waals surface area contributed by atoms with Crippen LogP contribution < -0.4 is 0 Å². The molecule has 170 valence electrons. The van der Waals surface area contributed by atoms with Gasteiger partial charge in [-0.2, -0.15) is 0 Å². The smallest absolute Gasteiger partial charge is 0.182 e. The maximum atomic E-state index is 13.3. The summed E-state index contributed by atoms with van der Waals surface area (Å²) in [5.74, 6) is 0.672. The number of hydrogen-bond acceptors (Lipinski definition) is 3. The molecule has 2 N–H and O–H groups in total. The maximum Gasteiger partial charge on any atom is 0.182 e. The predicted octanol–water partition coefficient (Wildman–Crippen LogP) is 6.24. The highest BCUT2D eigenvalue weighted by Gasteiger charge is 2.29. The molecule has 0 amide bonds. The van der Waals surface area contributed by atoms with Crippen molar-refractivity contribution in [2.24, 2.45) is 0 Å². The minimum Gasteiger partial charge on any atom is -0.507 e. The van der Waals surface area contributed by atoms with Gasteiger partial charge in [-0.15, -0.1) is 0 Å². The number of Topliss-reactive ketones (excluding diaryl/α,β-unsaturated/α-hetero) is 1. The van der Waals surface area contributed by atoms with Gasteiger partial charge in [0.05, 0.1) is 6.54 Å². The fourth-order valence-corrected chi connectivity index (χ4v) is 4.05. The summed E-state index contributed by atoms with van der Waals surface area (Å²) in [6.07, 6.45) is 2.80. The zero-order chi connectivity index (χ0) is 23.8. The van der Waals surface area contributed by atoms with Gasteiger partial charge in [0.25, 0.3) is 0 Å². The summed E-state index contributed by atoms with van der Waals surface area (Å²) >= 11 is 0. The second-order valence-corrected chi connectivity index (χ2v) is 10.9. The van der Waals surface area contributed by atoms with Crippen molar-refractivity contribution in [3.8, 4) is 5.75 Å². The molecule has 0 radical (unpaired) electrons. The fourth-order valence-electron chi connectivity index (χ4n) is 4.05. The number of aromatic hydroxyl groups is 1. The molecule has 1 heterocycles. The molecular weight excluding hydrogens is 396 g/mol. The molecule has 0 aromatic heterocycles. The summed E-state index contributed by atoms with van der Waals surface area (Å²) in [7, 11) is 0. The van der Waals surface area contributed by atoms with E-state index < -0.39 is 0 Å². The summed E-state index contributed by atoms with van der Waals surface area (Å²) in [5, 5.41) is 19.5. The highest BCUT2D eigenvalue weighted by molar-refractivity contribution is 6.06. The minimum atomic E-state index is -0.287. The van der Waals surface area contributed by atoms with Crippen LogP contribution in [0.25, 0.3) is 6.08 Å². The first-order valence-corrected chi connectivity index (χ1v) is 11.3. The molecule has 0 spiro atoms. The van der Waals surface area contributed by atoms with Crippen molar-refractivity contribution in [2.45, 2.75) is 65.7 Å². The van der Waals surface area contributed by atoms with Gasteiger partial charge >= 0.3 is 0 Å². The number of hydrogen-bond donors (Lipinski definition) is 2. The number of benzene rings is 2. The van der Waals surface area contributed by atoms with Crippen molar-refractivity contribution in [1.29, 1.82) is 5.41 Å². The lowest BCUT2D eigenvalue weighted by molar-refractivity contribution is 0.0965. The number of likely N-dealkylation sites (tertiary alicyclic amines) is 1. The number of rotatable bonds is 4. The lowest BCUT2D eigenvalue weighted by atomic mass is 9.78. The number of carbonyl (C=O) groups excluding carboxylic acids is 1. The van der Waals surface area contributed by atoms with Gasteiger partial charge in [-0.3, -0.25) is 10.2 Å². The van der Waals surface area contributed by atoms with Gasteiger partial charge in [-0.25, -0.2) is 0 Å². The molecule has 1 fully saturated rings. The van der Waals surface area contributed by atoms with Gasteiger partial charge < -0.3 is 10.0 Å². The van der Waals surface area contributed by atoms with E-state index >= 15 is 0 Å². The lowest BCUT2D eigenvalue weighted by Crippen LogP contribution is -2.31. The van der Waals surface area contributed by atoms with E-state index in [1.807, 2.05) is 64.7 Å². The van der Waals surface area contributed by atoms with Crippen molar-refractivity contribution in [2.75, 3.05) is 13.1 Å². The van der Waals surface area contributed by atoms with E-state index in [0.29, 0.717) is 17.9 Å². The zero-order valence-corrected chi connectivity index (χ0v) is 20.5. The van der Waals surface area contributed by atoms with Gasteiger partial charge in [0.2, 0.25) is 0 Å². The largest absolute Gasteiger partial charge is 0.507 e. The summed E-state index contributed by atoms with van der Waals surface area (Å²) in [6.45, 7) is 15.1. The van der Waals surface area contributed by atoms with E-state index in [2.05, 4.69) is 31.2 Å². The molecule has 0 bridgehead atoms. The third-order valence-corrected chi connectivity index (χ3v) is 6.07. The normalized spacial score (nSPS) is 16.2. The molecular formula is C28H36N2O2. The van der Waals surface area contributed by atoms with Crippen LogP contribution >= 0.6 is 0 Å². The van der Waals surface area contributed by atoms with E-state index in [-0.39, 0.29) is 28.9 Å². The van der Waals surface area contributed by atoms with E-state index in [9.17, 15) is 9.90 Å². The molecule has 1 saturated heterocycles. The number of nitrogens with zero attached hydrogens (tertiary/aromatic N) is 1. The first-order valence-electron chi connectivity index (χ1n) is 11.3. The number of nitrogens with one attached hydrogen (secondary N) is 1. The van der Waals surface area contributed by atoms with Crippen molar-refractivity contribution < 1.29 is 9.90 Å². The number of amidine groups is 1. The van der Waals surface area contributed by atoms with Gasteiger partial charge in [0.1, 0.15) is 11.6 Å². The molecule has 32 heavy (non-hydrogen) atoms. The summed E-state index contributed by atoms with van der Waals surface area (Å²) in [5.41, 5.74) is 4.83. The summed E-state index contributed by atoms with van der Waals surface area (Å²) < 4.78 is 0. The Morgan fingerprint density at radius 2 is 1.56 bits per heavy atom. The number of ketones is 1. The van der Waals surface area contributed by atoms with Crippen LogP contribution in [0.4, 0.5) is 0 Å². The third kappa shape index (κ3) is 5.12. The van der Waals surface area contributed by atoms with Crippen LogP contribution in [-0.4, -0.2) is 34.7 Å². The maximum absolute atomic E-state index is 13.3. The highest BCUT2D eigenvalue weighted by Crippen LogP contribution is 2.40. The van der Waals surface area contributed by atoms with Crippen molar-refractivity contribution in [1.82, 2.24) is 4.90 Å². The molecule has 3 rings (SSSR count). The molecule has 0 unspecified atom stereocenters. The van der Waals surface area contributed by atoms with Crippen molar-refractivity contribution >= 4 is 17.7 Å². The van der Waals surface area contributed by atoms with Crippen LogP contribution in [0.3, 0.4) is 0 Å². The van der Waals surface area contributed by atoms with Crippen molar-refractivity contribution in [3.63, 3.8) is 0 Å². The Balaban J connectivity index is 1.86. The molecule has 0 aliphatic carbocycles. The van der Waals surface area contributed by atoms with Gasteiger partial charge in [0, 0.05) is 23.2 Å². The molecule has 2 aromatic carbocycles. The van der Waals surface area contributed by atoms with E-state index in [1.54, 1.807) is 0 Å². The predicted molar refractivity (Wildman–Crippen MR) is 133 cm³/mol. The third-order valence-electron chi connectivity index (χ3n) is 6.07. The van der Waals surface area contributed by atoms with Crippen LogP contribution in [0.5, 0.6) is 5.75 Å². The second-order valence-electron chi connectivity index (χ2n) is 10.9. The van der Waals surface area contributed by atoms with Crippen LogP contribution in [0.2, 0.25) is 0 Å². The first kappa shape index (κ1) is 23.8. The molecule has 1 aliphatic rings. The zero-order valence-electron chi connectivity index (χ0n) is 20.5. The van der Waals surface area contributed by atoms with Gasteiger partial charge in [0.15, 0.2) is 5.78 Å². The molecule has 0 atom stereocenters. The Morgan fingerprint density at radius 1 is 1.03 bits per heavy atom. The van der Waals surface area contributed by atoms with E-state index in [1.165, 1.54) is 5.56 Å². The van der Waals surface area contributed by atoms with Crippen molar-refractivity contribution in [3.05, 3.63) is 69.8 Å². The summed E-state index contributed by atoms with van der Waals surface area (Å²) in [6, 6.07) is 11.9. The van der Waals surface area contributed by atoms with E-state index in [0.717, 1.165) is 28.7 Å². The highest BCUT2D eigenvalue weighted by atomic mass is 16.3. The van der Waals surface area contributed by atoms with Gasteiger partial charge in [-0.1, -0.05) is 71.4 Å². The standard InChI is InChI=1S/C28H36N2O2/c1-18-8-10-19(11-9-18)14-20-12-13-30(26(20)29)17-24(31)21-15-22(27(2,3)4)25(32)23(16-21)28(5,6)7/h8-11,14-16,29,32H,12-13,17H2,1-7H3. The van der Waals surface area contributed by atoms with E-state index in [4.69, 9.17) is 5.41 Å². The average molecular weight is 433 g/mol. The molecule has 4 heteroatoms. The minimum absolute atomic E-state index is 0.0256. The Morgan fingerprint density at radius 3 is 2.06 bits per heavy atom. The SMILES string of the molecule is Cc1ccc(C=C2CCN(CC(=O)c3cc(C(C)(C)C)c(O)c(C(C)(C)C)c3)C2=N)cc1.